The van der Waals surface area contributed by atoms with Gasteiger partial charge in [-0.25, -0.2) is 0 Å². The summed E-state index contributed by atoms with van der Waals surface area (Å²) >= 11 is 1.70. The fourth-order valence-corrected chi connectivity index (χ4v) is 4.50. The van der Waals surface area contributed by atoms with Gasteiger partial charge in [-0.1, -0.05) is 38.5 Å². The Morgan fingerprint density at radius 2 is 2.23 bits per heavy atom. The van der Waals surface area contributed by atoms with Crippen molar-refractivity contribution in [2.75, 3.05) is 0 Å². The molecule has 3 aromatic rings. The third-order valence-electron chi connectivity index (χ3n) is 5.02. The Morgan fingerprint density at radius 1 is 1.35 bits per heavy atom. The van der Waals surface area contributed by atoms with Crippen LogP contribution in [0.4, 0.5) is 0 Å². The molecule has 1 aliphatic heterocycles. The molecular formula is C21H24N2O2S. The fourth-order valence-electron chi connectivity index (χ4n) is 3.69. The monoisotopic (exact) mass is 368 g/mol. The summed E-state index contributed by atoms with van der Waals surface area (Å²) in [7, 11) is 0. The van der Waals surface area contributed by atoms with Crippen LogP contribution in [-0.4, -0.2) is 16.6 Å². The van der Waals surface area contributed by atoms with Gasteiger partial charge < -0.3 is 14.6 Å². The van der Waals surface area contributed by atoms with E-state index in [0.717, 1.165) is 48.2 Å². The zero-order chi connectivity index (χ0) is 18.1. The second kappa shape index (κ2) is 7.16. The molecule has 0 spiro atoms. The zero-order valence-electron chi connectivity index (χ0n) is 15.2. The lowest BCUT2D eigenvalue weighted by atomic mass is 10.1. The van der Waals surface area contributed by atoms with Crippen molar-refractivity contribution in [3.63, 3.8) is 0 Å². The van der Waals surface area contributed by atoms with Crippen molar-refractivity contribution >= 4 is 28.1 Å². The normalized spacial score (nSPS) is 17.1. The lowest BCUT2D eigenvalue weighted by Crippen LogP contribution is -2.33. The van der Waals surface area contributed by atoms with E-state index in [-0.39, 0.29) is 18.1 Å². The summed E-state index contributed by atoms with van der Waals surface area (Å²) in [5.41, 5.74) is 1.76. The van der Waals surface area contributed by atoms with E-state index in [1.807, 2.05) is 30.3 Å². The van der Waals surface area contributed by atoms with Gasteiger partial charge in [0.1, 0.15) is 17.5 Å². The van der Waals surface area contributed by atoms with Crippen molar-refractivity contribution in [1.82, 2.24) is 9.88 Å². The molecule has 26 heavy (non-hydrogen) atoms. The number of hydrogen-bond acceptors (Lipinski definition) is 3. The molecular weight excluding hydrogens is 344 g/mol. The summed E-state index contributed by atoms with van der Waals surface area (Å²) in [6, 6.07) is 12.2. The van der Waals surface area contributed by atoms with Crippen LogP contribution in [0.5, 0.6) is 5.75 Å². The van der Waals surface area contributed by atoms with Gasteiger partial charge >= 0.3 is 0 Å². The van der Waals surface area contributed by atoms with Gasteiger partial charge in [0.15, 0.2) is 0 Å². The highest BCUT2D eigenvalue weighted by Crippen LogP contribution is 2.34. The van der Waals surface area contributed by atoms with Crippen LogP contribution in [0.3, 0.4) is 0 Å². The van der Waals surface area contributed by atoms with Gasteiger partial charge in [-0.3, -0.25) is 4.79 Å². The van der Waals surface area contributed by atoms with Gasteiger partial charge in [0.25, 0.3) is 5.91 Å². The molecule has 4 rings (SSSR count). The van der Waals surface area contributed by atoms with Crippen LogP contribution in [0.15, 0.2) is 41.8 Å². The molecule has 1 aliphatic rings. The molecule has 0 bridgehead atoms. The maximum atomic E-state index is 13.1. The summed E-state index contributed by atoms with van der Waals surface area (Å²) in [6.45, 7) is 4.99. The smallest absolute Gasteiger partial charge is 0.268 e. The number of nitrogens with zero attached hydrogens (tertiary/aromatic N) is 1. The maximum Gasteiger partial charge on any atom is 0.268 e. The van der Waals surface area contributed by atoms with Crippen molar-refractivity contribution in [2.24, 2.45) is 0 Å². The van der Waals surface area contributed by atoms with Crippen molar-refractivity contribution in [3.8, 4) is 5.75 Å². The van der Waals surface area contributed by atoms with Gasteiger partial charge in [0, 0.05) is 10.3 Å². The van der Waals surface area contributed by atoms with Crippen molar-refractivity contribution in [2.45, 2.75) is 51.8 Å². The number of benzene rings is 1. The standard InChI is InChI=1S/C21H24N2O2S/c1-3-7-16(19-10-6-11-26-19)22-21(24)17-12-14-8-5-9-18-20(14)23(17)13-15(4-2)25-18/h5-6,8-12,15-16H,3-4,7,13H2,1-2H3,(H,22,24). The molecule has 5 heteroatoms. The Balaban J connectivity index is 1.68. The summed E-state index contributed by atoms with van der Waals surface area (Å²) in [5.74, 6) is 0.874. The van der Waals surface area contributed by atoms with E-state index in [1.54, 1.807) is 11.3 Å². The molecule has 136 valence electrons. The third-order valence-corrected chi connectivity index (χ3v) is 6.01. The molecule has 2 atom stereocenters. The van der Waals surface area contributed by atoms with Gasteiger partial charge in [-0.05, 0) is 36.4 Å². The van der Waals surface area contributed by atoms with Gasteiger partial charge in [0.05, 0.1) is 18.1 Å². The minimum absolute atomic E-state index is 0.00393. The van der Waals surface area contributed by atoms with Crippen molar-refractivity contribution in [1.29, 1.82) is 0 Å². The number of thiophene rings is 1. The average molecular weight is 369 g/mol. The molecule has 0 saturated carbocycles. The van der Waals surface area contributed by atoms with E-state index in [0.29, 0.717) is 0 Å². The fraction of sp³-hybridized carbons (Fsp3) is 0.381. The minimum atomic E-state index is -0.00393. The van der Waals surface area contributed by atoms with Crippen molar-refractivity contribution in [3.05, 3.63) is 52.3 Å². The van der Waals surface area contributed by atoms with Crippen LogP contribution in [-0.2, 0) is 6.54 Å². The lowest BCUT2D eigenvalue weighted by Gasteiger charge is -2.26. The third kappa shape index (κ3) is 3.01. The van der Waals surface area contributed by atoms with Crippen LogP contribution in [0.25, 0.3) is 10.9 Å². The molecule has 2 unspecified atom stereocenters. The number of carbonyl (C=O) groups is 1. The average Bonchev–Trinajstić information content (AvgIpc) is 3.30. The molecule has 0 aliphatic carbocycles. The van der Waals surface area contributed by atoms with Crippen LogP contribution in [0, 0.1) is 0 Å². The van der Waals surface area contributed by atoms with Gasteiger partial charge in [-0.2, -0.15) is 0 Å². The summed E-state index contributed by atoms with van der Waals surface area (Å²) in [5, 5.41) is 6.38. The Morgan fingerprint density at radius 3 is 2.96 bits per heavy atom. The molecule has 1 amide bonds. The van der Waals surface area contributed by atoms with Crippen molar-refractivity contribution < 1.29 is 9.53 Å². The largest absolute Gasteiger partial charge is 0.486 e. The molecule has 0 radical (unpaired) electrons. The Labute approximate surface area is 157 Å². The maximum absolute atomic E-state index is 13.1. The van der Waals surface area contributed by atoms with E-state index in [4.69, 9.17) is 4.74 Å². The van der Waals surface area contributed by atoms with E-state index < -0.39 is 0 Å². The number of para-hydroxylation sites is 1. The highest BCUT2D eigenvalue weighted by atomic mass is 32.1. The predicted octanol–water partition coefficient (Wildman–Crippen LogP) is 5.15. The highest BCUT2D eigenvalue weighted by Gasteiger charge is 2.26. The number of aromatic nitrogens is 1. The first-order valence-electron chi connectivity index (χ1n) is 9.34. The molecule has 1 aromatic carbocycles. The molecule has 2 aromatic heterocycles. The number of ether oxygens (including phenoxy) is 1. The second-order valence-electron chi connectivity index (χ2n) is 6.81. The van der Waals surface area contributed by atoms with E-state index in [2.05, 4.69) is 35.2 Å². The molecule has 0 fully saturated rings. The highest BCUT2D eigenvalue weighted by molar-refractivity contribution is 7.10. The van der Waals surface area contributed by atoms with Crippen LogP contribution < -0.4 is 10.1 Å². The predicted molar refractivity (Wildman–Crippen MR) is 106 cm³/mol. The van der Waals surface area contributed by atoms with Gasteiger partial charge in [0.2, 0.25) is 0 Å². The number of nitrogens with one attached hydrogen (secondary N) is 1. The summed E-state index contributed by atoms with van der Waals surface area (Å²) < 4.78 is 8.21. The Bertz CT molecular complexity index is 914. The molecule has 1 N–H and O–H groups in total. The minimum Gasteiger partial charge on any atom is -0.486 e. The number of amides is 1. The molecule has 3 heterocycles. The SMILES string of the molecule is CCCC(NC(=O)c1cc2cccc3c2n1CC(CC)O3)c1cccs1. The Hall–Kier alpha value is -2.27. The number of carbonyl (C=O) groups excluding carboxylic acids is 1. The van der Waals surface area contributed by atoms with E-state index >= 15 is 0 Å². The van der Waals surface area contributed by atoms with E-state index in [1.165, 1.54) is 4.88 Å². The topological polar surface area (TPSA) is 43.3 Å². The lowest BCUT2D eigenvalue weighted by molar-refractivity contribution is 0.0919. The zero-order valence-corrected chi connectivity index (χ0v) is 16.0. The van der Waals surface area contributed by atoms with Gasteiger partial charge in [-0.15, -0.1) is 11.3 Å². The Kier molecular flexibility index (Phi) is 4.72. The van der Waals surface area contributed by atoms with Crippen LogP contribution in [0.1, 0.15) is 54.5 Å². The first-order chi connectivity index (χ1) is 12.7. The van der Waals surface area contributed by atoms with E-state index in [9.17, 15) is 4.79 Å². The number of hydrogen-bond donors (Lipinski definition) is 1. The van der Waals surface area contributed by atoms with Crippen LogP contribution >= 0.6 is 11.3 Å². The summed E-state index contributed by atoms with van der Waals surface area (Å²) in [6.07, 6.45) is 3.00. The first kappa shape index (κ1) is 17.2. The molecule has 4 nitrogen and oxygen atoms in total. The second-order valence-corrected chi connectivity index (χ2v) is 7.79. The quantitative estimate of drug-likeness (QED) is 0.654. The summed E-state index contributed by atoms with van der Waals surface area (Å²) in [4.78, 5) is 14.4. The van der Waals surface area contributed by atoms with Crippen LogP contribution in [0.2, 0.25) is 0 Å². The molecule has 0 saturated heterocycles. The number of rotatable bonds is 6. The first-order valence-corrected chi connectivity index (χ1v) is 10.2.